The van der Waals surface area contributed by atoms with Crippen LogP contribution in [0.15, 0.2) is 72.8 Å². The maximum absolute atomic E-state index is 14.3. The van der Waals surface area contributed by atoms with E-state index in [1.54, 1.807) is 48.5 Å². The Bertz CT molecular complexity index is 1140. The van der Waals surface area contributed by atoms with Gasteiger partial charge in [-0.15, -0.1) is 13.2 Å². The molecule has 0 aliphatic heterocycles. The first kappa shape index (κ1) is 23.6. The number of alkyl halides is 3. The summed E-state index contributed by atoms with van der Waals surface area (Å²) in [6.07, 6.45) is -1.40. The molecule has 34 heavy (non-hydrogen) atoms. The van der Waals surface area contributed by atoms with Gasteiger partial charge in [0.25, 0.3) is 0 Å². The molecule has 1 aliphatic carbocycles. The molecule has 0 aromatic heterocycles. The van der Waals surface area contributed by atoms with Gasteiger partial charge in [0, 0.05) is 0 Å². The number of halogens is 4. The Balaban J connectivity index is 1.45. The van der Waals surface area contributed by atoms with E-state index in [4.69, 9.17) is 4.74 Å². The van der Waals surface area contributed by atoms with Gasteiger partial charge in [0.2, 0.25) is 0 Å². The fraction of sp³-hybridized carbons (Fsp3) is 0.296. The van der Waals surface area contributed by atoms with Crippen LogP contribution >= 0.6 is 0 Å². The largest absolute Gasteiger partial charge is 0.573 e. The molecule has 0 saturated heterocycles. The zero-order chi connectivity index (χ0) is 24.1. The summed E-state index contributed by atoms with van der Waals surface area (Å²) in [6, 6.07) is 21.6. The van der Waals surface area contributed by atoms with Gasteiger partial charge < -0.3 is 9.47 Å². The highest BCUT2D eigenvalue weighted by Crippen LogP contribution is 2.46. The van der Waals surface area contributed by atoms with Crippen molar-refractivity contribution in [2.45, 2.75) is 43.9 Å². The molecule has 0 spiro atoms. The van der Waals surface area contributed by atoms with Crippen LogP contribution in [0.5, 0.6) is 17.2 Å². The lowest BCUT2D eigenvalue weighted by Gasteiger charge is -2.20. The Morgan fingerprint density at radius 1 is 0.882 bits per heavy atom. The van der Waals surface area contributed by atoms with Crippen LogP contribution in [0.1, 0.15) is 48.6 Å². The highest BCUT2D eigenvalue weighted by Gasteiger charge is 2.34. The first-order valence-electron chi connectivity index (χ1n) is 11.1. The molecule has 3 nitrogen and oxygen atoms in total. The maximum atomic E-state index is 14.3. The molecule has 0 radical (unpaired) electrons. The van der Waals surface area contributed by atoms with Crippen molar-refractivity contribution in [2.75, 3.05) is 0 Å². The van der Waals surface area contributed by atoms with Gasteiger partial charge in [0.05, 0.1) is 12.0 Å². The highest BCUT2D eigenvalue weighted by atomic mass is 19.4. The van der Waals surface area contributed by atoms with Crippen molar-refractivity contribution < 1.29 is 27.0 Å². The van der Waals surface area contributed by atoms with Crippen molar-refractivity contribution in [2.24, 2.45) is 5.92 Å². The smallest absolute Gasteiger partial charge is 0.454 e. The Morgan fingerprint density at radius 2 is 1.56 bits per heavy atom. The fourth-order valence-corrected chi connectivity index (χ4v) is 4.17. The van der Waals surface area contributed by atoms with Gasteiger partial charge in [-0.05, 0) is 85.0 Å². The Morgan fingerprint density at radius 3 is 2.18 bits per heavy atom. The summed E-state index contributed by atoms with van der Waals surface area (Å²) in [4.78, 5) is 0. The van der Waals surface area contributed by atoms with Crippen molar-refractivity contribution in [1.82, 2.24) is 0 Å². The molecule has 1 aliphatic rings. The zero-order valence-corrected chi connectivity index (χ0v) is 18.3. The van der Waals surface area contributed by atoms with E-state index in [2.05, 4.69) is 10.8 Å². The Labute approximate surface area is 195 Å². The number of nitriles is 1. The topological polar surface area (TPSA) is 42.2 Å². The Hall–Kier alpha value is -3.53. The molecular weight excluding hydrogens is 446 g/mol. The quantitative estimate of drug-likeness (QED) is 0.297. The van der Waals surface area contributed by atoms with Gasteiger partial charge in [-0.2, -0.15) is 5.26 Å². The van der Waals surface area contributed by atoms with Gasteiger partial charge in [-0.3, -0.25) is 0 Å². The molecule has 0 amide bonds. The minimum absolute atomic E-state index is 0.0583. The predicted octanol–water partition coefficient (Wildman–Crippen LogP) is 8.10. The predicted molar refractivity (Wildman–Crippen MR) is 119 cm³/mol. The van der Waals surface area contributed by atoms with Gasteiger partial charge in [-0.1, -0.05) is 36.4 Å². The van der Waals surface area contributed by atoms with E-state index in [1.807, 2.05) is 6.07 Å². The van der Waals surface area contributed by atoms with E-state index in [-0.39, 0.29) is 17.4 Å². The van der Waals surface area contributed by atoms with Gasteiger partial charge >= 0.3 is 6.36 Å². The molecular formula is C27H23F4NO2. The first-order valence-corrected chi connectivity index (χ1v) is 11.1. The number of benzene rings is 3. The van der Waals surface area contributed by atoms with Crippen LogP contribution in [0.2, 0.25) is 0 Å². The van der Waals surface area contributed by atoms with E-state index < -0.39 is 18.1 Å². The van der Waals surface area contributed by atoms with E-state index in [9.17, 15) is 22.8 Å². The van der Waals surface area contributed by atoms with Crippen LogP contribution in [0.3, 0.4) is 0 Å². The summed E-state index contributed by atoms with van der Waals surface area (Å²) in [5.74, 6) is -0.0935. The van der Waals surface area contributed by atoms with Gasteiger partial charge in [-0.25, -0.2) is 4.39 Å². The number of hydrogen-bond donors (Lipinski definition) is 0. The molecule has 4 rings (SSSR count). The monoisotopic (exact) mass is 469 g/mol. The molecule has 0 N–H and O–H groups in total. The average molecular weight is 469 g/mol. The normalized spacial score (nSPS) is 15.3. The summed E-state index contributed by atoms with van der Waals surface area (Å²) in [5, 5.41) is 9.80. The number of nitrogens with zero attached hydrogens (tertiary/aromatic N) is 1. The molecule has 3 aromatic carbocycles. The van der Waals surface area contributed by atoms with Crippen LogP contribution in [0.25, 0.3) is 0 Å². The SMILES string of the molecule is N#CC(CCC(c1ccc(OC(F)(F)F)cc1)C1CC1)c1ccc(F)c(Oc2ccccc2)c1. The molecule has 1 fully saturated rings. The highest BCUT2D eigenvalue weighted by molar-refractivity contribution is 5.38. The van der Waals surface area contributed by atoms with Crippen molar-refractivity contribution >= 4 is 0 Å². The molecule has 176 valence electrons. The van der Waals surface area contributed by atoms with Crippen LogP contribution < -0.4 is 9.47 Å². The third-order valence-corrected chi connectivity index (χ3v) is 5.98. The summed E-state index contributed by atoms with van der Waals surface area (Å²) in [7, 11) is 0. The molecule has 3 aromatic rings. The number of ether oxygens (including phenoxy) is 2. The average Bonchev–Trinajstić information content (AvgIpc) is 3.64. The third-order valence-electron chi connectivity index (χ3n) is 5.98. The molecule has 0 heterocycles. The minimum Gasteiger partial charge on any atom is -0.454 e. The summed E-state index contributed by atoms with van der Waals surface area (Å²) in [6.45, 7) is 0. The lowest BCUT2D eigenvalue weighted by Crippen LogP contribution is -2.17. The molecule has 2 unspecified atom stereocenters. The van der Waals surface area contributed by atoms with Crippen molar-refractivity contribution in [3.8, 4) is 23.3 Å². The first-order chi connectivity index (χ1) is 16.3. The van der Waals surface area contributed by atoms with E-state index in [0.717, 1.165) is 18.4 Å². The molecule has 0 bridgehead atoms. The molecule has 1 saturated carbocycles. The van der Waals surface area contributed by atoms with Crippen LogP contribution in [-0.2, 0) is 0 Å². The standard InChI is InChI=1S/C27H23F4NO2/c28-25-15-11-20(16-26(25)33-22-4-2-1-3-5-22)21(17-32)10-14-24(18-6-7-18)19-8-12-23(13-9-19)34-27(29,30)31/h1-5,8-9,11-13,15-16,18,21,24H,6-7,10,14H2. The number of rotatable bonds is 9. The minimum atomic E-state index is -4.73. The number of hydrogen-bond acceptors (Lipinski definition) is 3. The van der Waals surface area contributed by atoms with E-state index >= 15 is 0 Å². The summed E-state index contributed by atoms with van der Waals surface area (Å²) in [5.41, 5.74) is 1.60. The Kier molecular flexibility index (Phi) is 7.06. The van der Waals surface area contributed by atoms with Gasteiger partial charge in [0.1, 0.15) is 11.5 Å². The molecule has 2 atom stereocenters. The van der Waals surface area contributed by atoms with Crippen molar-refractivity contribution in [3.05, 3.63) is 89.7 Å². The van der Waals surface area contributed by atoms with E-state index in [1.165, 1.54) is 18.2 Å². The van der Waals surface area contributed by atoms with Crippen LogP contribution in [0, 0.1) is 23.1 Å². The third kappa shape index (κ3) is 6.28. The second kappa shape index (κ2) is 10.2. The lowest BCUT2D eigenvalue weighted by atomic mass is 9.85. The summed E-state index contributed by atoms with van der Waals surface area (Å²) >= 11 is 0. The lowest BCUT2D eigenvalue weighted by molar-refractivity contribution is -0.274. The summed E-state index contributed by atoms with van der Waals surface area (Å²) < 4.78 is 61.3. The van der Waals surface area contributed by atoms with E-state index in [0.29, 0.717) is 30.1 Å². The number of para-hydroxylation sites is 1. The second-order valence-electron chi connectivity index (χ2n) is 8.42. The van der Waals surface area contributed by atoms with Gasteiger partial charge in [0.15, 0.2) is 11.6 Å². The van der Waals surface area contributed by atoms with Crippen molar-refractivity contribution in [1.29, 1.82) is 5.26 Å². The van der Waals surface area contributed by atoms with Crippen LogP contribution in [0.4, 0.5) is 17.6 Å². The zero-order valence-electron chi connectivity index (χ0n) is 18.3. The fourth-order valence-electron chi connectivity index (χ4n) is 4.17. The maximum Gasteiger partial charge on any atom is 0.573 e. The molecule has 7 heteroatoms. The van der Waals surface area contributed by atoms with Crippen molar-refractivity contribution in [3.63, 3.8) is 0 Å². The second-order valence-corrected chi connectivity index (χ2v) is 8.42. The van der Waals surface area contributed by atoms with Crippen LogP contribution in [-0.4, -0.2) is 6.36 Å².